The van der Waals surface area contributed by atoms with Crippen molar-refractivity contribution in [1.82, 2.24) is 24.5 Å². The summed E-state index contributed by atoms with van der Waals surface area (Å²) >= 11 is 14.4. The van der Waals surface area contributed by atoms with Crippen LogP contribution in [0.15, 0.2) is 34.9 Å². The summed E-state index contributed by atoms with van der Waals surface area (Å²) in [5, 5.41) is 9.99. The highest BCUT2D eigenvalue weighted by molar-refractivity contribution is 7.87. The van der Waals surface area contributed by atoms with Gasteiger partial charge in [-0.05, 0) is 75.6 Å². The number of carbonyl (C=O) groups is 1. The molecule has 2 unspecified atom stereocenters. The zero-order valence-corrected chi connectivity index (χ0v) is 28.5. The molecule has 1 saturated carbocycles. The molecule has 4 fully saturated rings. The van der Waals surface area contributed by atoms with Gasteiger partial charge in [-0.2, -0.15) is 12.7 Å². The van der Waals surface area contributed by atoms with Gasteiger partial charge in [-0.3, -0.25) is 4.79 Å². The molecule has 5 heterocycles. The van der Waals surface area contributed by atoms with Gasteiger partial charge in [-0.1, -0.05) is 45.8 Å². The average molecular weight is 720 g/mol. The zero-order valence-electron chi connectivity index (χ0n) is 25.3. The number of nitrogens with one attached hydrogen (secondary N) is 2. The minimum absolute atomic E-state index is 0.0457. The molecule has 47 heavy (non-hydrogen) atoms. The van der Waals surface area contributed by atoms with E-state index < -0.39 is 21.9 Å². The quantitative estimate of drug-likeness (QED) is 0.198. The van der Waals surface area contributed by atoms with E-state index in [-0.39, 0.29) is 29.2 Å². The maximum absolute atomic E-state index is 15.3. The largest absolute Gasteiger partial charge is 0.360 e. The Morgan fingerprint density at radius 2 is 1.77 bits per heavy atom. The molecule has 248 valence electrons. The van der Waals surface area contributed by atoms with E-state index >= 15 is 4.39 Å². The maximum atomic E-state index is 15.3. The first-order chi connectivity index (χ1) is 22.7. The lowest BCUT2D eigenvalue weighted by Crippen LogP contribution is -2.49. The molecule has 1 aliphatic carbocycles. The van der Waals surface area contributed by atoms with Crippen LogP contribution >= 0.6 is 34.5 Å². The zero-order chi connectivity index (χ0) is 32.4. The van der Waals surface area contributed by atoms with Gasteiger partial charge >= 0.3 is 10.2 Å². The Kier molecular flexibility index (Phi) is 8.21. The van der Waals surface area contributed by atoms with Crippen molar-refractivity contribution in [3.8, 4) is 11.3 Å². The first-order valence-electron chi connectivity index (χ1n) is 16.0. The predicted octanol–water partition coefficient (Wildman–Crippen LogP) is 6.63. The lowest BCUT2D eigenvalue weighted by Gasteiger charge is -2.39. The second-order valence-corrected chi connectivity index (χ2v) is 16.4. The smallest absolute Gasteiger partial charge is 0.304 e. The number of carbonyl (C=O) groups excluding carboxylic acids is 1. The van der Waals surface area contributed by atoms with Crippen molar-refractivity contribution in [3.05, 3.63) is 63.1 Å². The Morgan fingerprint density at radius 1 is 1.06 bits per heavy atom. The van der Waals surface area contributed by atoms with Crippen LogP contribution in [-0.4, -0.2) is 60.0 Å². The van der Waals surface area contributed by atoms with E-state index in [2.05, 4.69) is 25.1 Å². The molecule has 2 bridgehead atoms. The van der Waals surface area contributed by atoms with Gasteiger partial charge in [0.2, 0.25) is 0 Å². The lowest BCUT2D eigenvalue weighted by atomic mass is 9.97. The van der Waals surface area contributed by atoms with Crippen LogP contribution in [-0.2, 0) is 16.8 Å². The second-order valence-electron chi connectivity index (χ2n) is 12.9. The summed E-state index contributed by atoms with van der Waals surface area (Å²) in [5.74, 6) is -0.223. The third kappa shape index (κ3) is 5.93. The van der Waals surface area contributed by atoms with Crippen molar-refractivity contribution < 1.29 is 22.1 Å². The van der Waals surface area contributed by atoms with E-state index in [4.69, 9.17) is 27.7 Å². The molecule has 0 radical (unpaired) electrons. The van der Waals surface area contributed by atoms with Crippen molar-refractivity contribution in [3.63, 3.8) is 0 Å². The van der Waals surface area contributed by atoms with E-state index in [1.165, 1.54) is 21.7 Å². The van der Waals surface area contributed by atoms with Gasteiger partial charge in [0.05, 0.1) is 14.7 Å². The standard InChI is InChI=1S/C32H33Cl2FN6O4S2/c33-23-4-3-5-24(34)27(23)28-22(30(45-38-28)17-6-7-17)16-36-19-14-20-8-9-21(15-19)41(20)32-37-29-25(35)12-18(13-26(29)46-32)31(42)39-47(43,44)40-10-1-2-11-40/h3-5,12-13,17,19-21,36H,1-2,6-11,14-16H2,(H,39,42). The number of halogens is 3. The highest BCUT2D eigenvalue weighted by Crippen LogP contribution is 2.47. The highest BCUT2D eigenvalue weighted by atomic mass is 35.5. The number of aromatic nitrogens is 2. The normalized spacial score (nSPS) is 23.2. The Balaban J connectivity index is 0.982. The number of rotatable bonds is 9. The minimum atomic E-state index is -3.98. The average Bonchev–Trinajstić information content (AvgIpc) is 3.37. The van der Waals surface area contributed by atoms with Crippen molar-refractivity contribution in [2.24, 2.45) is 0 Å². The molecule has 15 heteroatoms. The third-order valence-corrected chi connectivity index (χ3v) is 12.9. The molecule has 2 aromatic heterocycles. The van der Waals surface area contributed by atoms with Gasteiger partial charge in [0, 0.05) is 60.4 Å². The summed E-state index contributed by atoms with van der Waals surface area (Å²) in [4.78, 5) is 19.9. The van der Waals surface area contributed by atoms with E-state index in [0.29, 0.717) is 51.6 Å². The number of fused-ring (bicyclic) bond motifs is 3. The molecule has 8 rings (SSSR count). The number of hydrogen-bond donors (Lipinski definition) is 2. The molecule has 2 aromatic carbocycles. The van der Waals surface area contributed by atoms with Gasteiger partial charge in [-0.25, -0.2) is 14.1 Å². The number of anilines is 1. The summed E-state index contributed by atoms with van der Waals surface area (Å²) in [6, 6.07) is 8.73. The van der Waals surface area contributed by atoms with Gasteiger partial charge in [-0.15, -0.1) is 0 Å². The number of hydrogen-bond acceptors (Lipinski definition) is 9. The van der Waals surface area contributed by atoms with Crippen LogP contribution in [0.2, 0.25) is 10.0 Å². The van der Waals surface area contributed by atoms with E-state index in [9.17, 15) is 13.2 Å². The fraction of sp³-hybridized carbons (Fsp3) is 0.469. The fourth-order valence-corrected chi connectivity index (χ4v) is 10.3. The Bertz CT molecular complexity index is 1940. The molecular formula is C32H33Cl2FN6O4S2. The molecule has 1 amide bonds. The fourth-order valence-electron chi connectivity index (χ4n) is 7.37. The SMILES string of the molecule is O=C(NS(=O)(=O)N1CCCC1)c1cc(F)c2nc(N3C4CCC3CC(NCc3c(-c5c(Cl)cccc5Cl)noc3C3CC3)C4)sc2c1. The van der Waals surface area contributed by atoms with Crippen LogP contribution in [0.5, 0.6) is 0 Å². The van der Waals surface area contributed by atoms with Crippen molar-refractivity contribution in [2.45, 2.75) is 82.0 Å². The van der Waals surface area contributed by atoms with E-state index in [1.54, 1.807) is 0 Å². The van der Waals surface area contributed by atoms with Gasteiger partial charge in [0.25, 0.3) is 5.91 Å². The number of benzene rings is 2. The van der Waals surface area contributed by atoms with Crippen molar-refractivity contribution >= 4 is 66.0 Å². The molecule has 10 nitrogen and oxygen atoms in total. The molecule has 4 aliphatic rings. The molecule has 3 aliphatic heterocycles. The Hall–Kier alpha value is -2.81. The monoisotopic (exact) mass is 718 g/mol. The Labute approximate surface area is 285 Å². The molecule has 2 atom stereocenters. The first kappa shape index (κ1) is 31.5. The van der Waals surface area contributed by atoms with Crippen LogP contribution in [0.3, 0.4) is 0 Å². The maximum Gasteiger partial charge on any atom is 0.304 e. The van der Waals surface area contributed by atoms with Crippen molar-refractivity contribution in [2.75, 3.05) is 18.0 Å². The van der Waals surface area contributed by atoms with Crippen LogP contribution in [0.25, 0.3) is 21.5 Å². The molecule has 0 spiro atoms. The van der Waals surface area contributed by atoms with Crippen molar-refractivity contribution in [1.29, 1.82) is 0 Å². The summed E-state index contributed by atoms with van der Waals surface area (Å²) < 4.78 is 50.2. The predicted molar refractivity (Wildman–Crippen MR) is 180 cm³/mol. The van der Waals surface area contributed by atoms with Gasteiger partial charge in [0.1, 0.15) is 17.0 Å². The molecule has 3 saturated heterocycles. The van der Waals surface area contributed by atoms with Crippen LogP contribution < -0.4 is 14.9 Å². The number of amides is 1. The summed E-state index contributed by atoms with van der Waals surface area (Å²) in [5.41, 5.74) is 2.53. The second kappa shape index (κ2) is 12.3. The van der Waals surface area contributed by atoms with Gasteiger partial charge in [0.15, 0.2) is 10.9 Å². The lowest BCUT2D eigenvalue weighted by molar-refractivity contribution is 0.0979. The van der Waals surface area contributed by atoms with E-state index in [1.807, 2.05) is 18.2 Å². The first-order valence-corrected chi connectivity index (χ1v) is 19.0. The van der Waals surface area contributed by atoms with Gasteiger partial charge < -0.3 is 14.7 Å². The van der Waals surface area contributed by atoms with Crippen LogP contribution in [0.4, 0.5) is 9.52 Å². The summed E-state index contributed by atoms with van der Waals surface area (Å²) in [6.45, 7) is 1.31. The minimum Gasteiger partial charge on any atom is -0.360 e. The highest BCUT2D eigenvalue weighted by Gasteiger charge is 2.43. The summed E-state index contributed by atoms with van der Waals surface area (Å²) in [7, 11) is -3.98. The van der Waals surface area contributed by atoms with E-state index in [0.717, 1.165) is 73.9 Å². The topological polar surface area (TPSA) is 121 Å². The third-order valence-electron chi connectivity index (χ3n) is 9.81. The number of thiazole rings is 1. The van der Waals surface area contributed by atoms with Crippen LogP contribution in [0, 0.1) is 5.82 Å². The Morgan fingerprint density at radius 3 is 2.45 bits per heavy atom. The number of nitrogens with zero attached hydrogens (tertiary/aromatic N) is 4. The molecular weight excluding hydrogens is 686 g/mol. The summed E-state index contributed by atoms with van der Waals surface area (Å²) in [6.07, 6.45) is 7.44. The molecule has 2 N–H and O–H groups in total. The van der Waals surface area contributed by atoms with Crippen LogP contribution in [0.1, 0.15) is 79.0 Å². The molecule has 4 aromatic rings. The number of piperidine rings is 1.